The Balaban J connectivity index is 1.91. The number of hydrogen-bond acceptors (Lipinski definition) is 2. The Kier molecular flexibility index (Phi) is 4.79. The van der Waals surface area contributed by atoms with E-state index in [0.717, 1.165) is 15.6 Å². The molecule has 4 heteroatoms. The first-order valence-electron chi connectivity index (χ1n) is 5.33. The highest BCUT2D eigenvalue weighted by atomic mass is 79.9. The van der Waals surface area contributed by atoms with Crippen LogP contribution in [0.5, 0.6) is 0 Å². The standard InChI is InChI=1S/C14H10BrClNO/c15-14-7-2-1-5-12(14)9-17-18-10-11-4-3-6-13(16)8-11/h1-8H,10H2. The predicted octanol–water partition coefficient (Wildman–Crippen LogP) is 4.53. The Labute approximate surface area is 119 Å². The third-order valence-corrected chi connectivity index (χ3v) is 3.15. The third kappa shape index (κ3) is 3.86. The van der Waals surface area contributed by atoms with Crippen molar-refractivity contribution in [3.05, 3.63) is 69.2 Å². The fourth-order valence-electron chi connectivity index (χ4n) is 1.37. The third-order valence-electron chi connectivity index (χ3n) is 2.22. The molecule has 0 saturated heterocycles. The maximum Gasteiger partial charge on any atom is 0.142 e. The largest absolute Gasteiger partial charge is 0.390 e. The lowest BCUT2D eigenvalue weighted by Crippen LogP contribution is -1.88. The Hall–Kier alpha value is -1.32. The van der Waals surface area contributed by atoms with E-state index >= 15 is 0 Å². The second kappa shape index (κ2) is 6.57. The SMILES string of the molecule is Clc1cccc(CO/N=[C]\c2ccccc2Br)c1. The molecule has 0 saturated carbocycles. The van der Waals surface area contributed by atoms with Crippen molar-refractivity contribution in [1.82, 2.24) is 0 Å². The summed E-state index contributed by atoms with van der Waals surface area (Å²) < 4.78 is 0.931. The number of rotatable bonds is 4. The highest BCUT2D eigenvalue weighted by Gasteiger charge is 1.96. The van der Waals surface area contributed by atoms with Gasteiger partial charge in [-0.15, -0.1) is 0 Å². The van der Waals surface area contributed by atoms with Gasteiger partial charge in [0.25, 0.3) is 0 Å². The van der Waals surface area contributed by atoms with E-state index in [0.29, 0.717) is 11.6 Å². The molecule has 0 atom stereocenters. The van der Waals surface area contributed by atoms with Crippen LogP contribution in [0, 0.1) is 0 Å². The lowest BCUT2D eigenvalue weighted by molar-refractivity contribution is 0.132. The van der Waals surface area contributed by atoms with E-state index in [-0.39, 0.29) is 0 Å². The van der Waals surface area contributed by atoms with E-state index in [1.54, 1.807) is 0 Å². The van der Waals surface area contributed by atoms with Gasteiger partial charge in [0.2, 0.25) is 0 Å². The van der Waals surface area contributed by atoms with Gasteiger partial charge in [0, 0.05) is 15.1 Å². The Bertz CT molecular complexity index is 557. The maximum absolute atomic E-state index is 5.87. The van der Waals surface area contributed by atoms with Crippen molar-refractivity contribution in [2.75, 3.05) is 0 Å². The summed E-state index contributed by atoms with van der Waals surface area (Å²) in [7, 11) is 0. The maximum atomic E-state index is 5.87. The van der Waals surface area contributed by atoms with Crippen LogP contribution < -0.4 is 0 Å². The van der Waals surface area contributed by atoms with Crippen LogP contribution in [-0.2, 0) is 11.4 Å². The summed E-state index contributed by atoms with van der Waals surface area (Å²) in [6, 6.07) is 15.1. The number of nitrogens with zero attached hydrogens (tertiary/aromatic N) is 1. The zero-order valence-corrected chi connectivity index (χ0v) is 11.8. The highest BCUT2D eigenvalue weighted by Crippen LogP contribution is 2.14. The van der Waals surface area contributed by atoms with Gasteiger partial charge in [-0.3, -0.25) is 0 Å². The average Bonchev–Trinajstić information content (AvgIpc) is 2.37. The Morgan fingerprint density at radius 3 is 2.78 bits per heavy atom. The molecule has 0 aromatic heterocycles. The van der Waals surface area contributed by atoms with Gasteiger partial charge >= 0.3 is 0 Å². The first-order valence-corrected chi connectivity index (χ1v) is 6.50. The Morgan fingerprint density at radius 1 is 1.17 bits per heavy atom. The molecule has 0 spiro atoms. The summed E-state index contributed by atoms with van der Waals surface area (Å²) in [5, 5.41) is 4.49. The zero-order valence-electron chi connectivity index (χ0n) is 9.44. The summed E-state index contributed by atoms with van der Waals surface area (Å²) in [6.45, 7) is 0.373. The lowest BCUT2D eigenvalue weighted by atomic mass is 10.2. The second-order valence-corrected chi connectivity index (χ2v) is 4.88. The quantitative estimate of drug-likeness (QED) is 0.598. The van der Waals surface area contributed by atoms with Crippen molar-refractivity contribution in [2.45, 2.75) is 6.61 Å². The van der Waals surface area contributed by atoms with Crippen molar-refractivity contribution >= 4 is 33.7 Å². The zero-order chi connectivity index (χ0) is 12.8. The summed E-state index contributed by atoms with van der Waals surface area (Å²) in [5.74, 6) is 0. The van der Waals surface area contributed by atoms with E-state index in [1.807, 2.05) is 48.5 Å². The lowest BCUT2D eigenvalue weighted by Gasteiger charge is -2.00. The number of halogens is 2. The monoisotopic (exact) mass is 322 g/mol. The minimum absolute atomic E-state index is 0.373. The summed E-state index contributed by atoms with van der Waals surface area (Å²) in [6.07, 6.45) is 2.82. The van der Waals surface area contributed by atoms with E-state index < -0.39 is 0 Å². The van der Waals surface area contributed by atoms with Gasteiger partial charge < -0.3 is 4.84 Å². The molecule has 0 heterocycles. The van der Waals surface area contributed by atoms with Crippen LogP contribution in [-0.4, -0.2) is 6.21 Å². The molecule has 2 aromatic rings. The molecule has 0 aliphatic heterocycles. The van der Waals surface area contributed by atoms with Crippen molar-refractivity contribution in [3.63, 3.8) is 0 Å². The van der Waals surface area contributed by atoms with Gasteiger partial charge in [0.05, 0.1) is 0 Å². The molecular formula is C14H10BrClNO. The molecule has 1 radical (unpaired) electrons. The molecule has 0 fully saturated rings. The Morgan fingerprint density at radius 2 is 2.00 bits per heavy atom. The first kappa shape index (κ1) is 13.1. The first-order chi connectivity index (χ1) is 8.75. The molecule has 2 rings (SSSR count). The molecule has 18 heavy (non-hydrogen) atoms. The molecule has 2 nitrogen and oxygen atoms in total. The summed E-state index contributed by atoms with van der Waals surface area (Å²) >= 11 is 9.27. The van der Waals surface area contributed by atoms with Crippen molar-refractivity contribution in [3.8, 4) is 0 Å². The van der Waals surface area contributed by atoms with Crippen molar-refractivity contribution in [2.24, 2.45) is 5.16 Å². The van der Waals surface area contributed by atoms with Gasteiger partial charge in [-0.25, -0.2) is 0 Å². The van der Waals surface area contributed by atoms with Crippen LogP contribution in [0.3, 0.4) is 0 Å². The number of benzene rings is 2. The molecular weight excluding hydrogens is 314 g/mol. The van der Waals surface area contributed by atoms with E-state index in [1.165, 1.54) is 0 Å². The van der Waals surface area contributed by atoms with E-state index in [2.05, 4.69) is 27.3 Å². The van der Waals surface area contributed by atoms with Gasteiger partial charge in [-0.1, -0.05) is 63.0 Å². The van der Waals surface area contributed by atoms with Crippen LogP contribution in [0.4, 0.5) is 0 Å². The average molecular weight is 324 g/mol. The van der Waals surface area contributed by atoms with E-state index in [4.69, 9.17) is 16.4 Å². The highest BCUT2D eigenvalue weighted by molar-refractivity contribution is 9.10. The summed E-state index contributed by atoms with van der Waals surface area (Å²) in [5.41, 5.74) is 1.82. The van der Waals surface area contributed by atoms with E-state index in [9.17, 15) is 0 Å². The van der Waals surface area contributed by atoms with Crippen molar-refractivity contribution in [1.29, 1.82) is 0 Å². The molecule has 0 aliphatic carbocycles. The van der Waals surface area contributed by atoms with Crippen LogP contribution in [0.25, 0.3) is 0 Å². The normalized spacial score (nSPS) is 10.8. The topological polar surface area (TPSA) is 21.6 Å². The smallest absolute Gasteiger partial charge is 0.142 e. The van der Waals surface area contributed by atoms with Crippen LogP contribution in [0.2, 0.25) is 5.02 Å². The van der Waals surface area contributed by atoms with Gasteiger partial charge in [-0.2, -0.15) is 0 Å². The fraction of sp³-hybridized carbons (Fsp3) is 0.0714. The molecule has 0 unspecified atom stereocenters. The molecule has 2 aromatic carbocycles. The molecule has 0 amide bonds. The molecule has 0 bridgehead atoms. The fourth-order valence-corrected chi connectivity index (χ4v) is 1.95. The predicted molar refractivity (Wildman–Crippen MR) is 76.9 cm³/mol. The molecule has 0 aliphatic rings. The molecule has 91 valence electrons. The van der Waals surface area contributed by atoms with Crippen LogP contribution in [0.15, 0.2) is 58.2 Å². The van der Waals surface area contributed by atoms with Crippen LogP contribution in [0.1, 0.15) is 11.1 Å². The summed E-state index contributed by atoms with van der Waals surface area (Å²) in [4.78, 5) is 5.17. The van der Waals surface area contributed by atoms with Gasteiger partial charge in [0.1, 0.15) is 12.8 Å². The van der Waals surface area contributed by atoms with Crippen molar-refractivity contribution < 1.29 is 4.84 Å². The minimum atomic E-state index is 0.373. The van der Waals surface area contributed by atoms with Gasteiger partial charge in [0.15, 0.2) is 0 Å². The van der Waals surface area contributed by atoms with Crippen LogP contribution >= 0.6 is 27.5 Å². The minimum Gasteiger partial charge on any atom is -0.390 e. The second-order valence-electron chi connectivity index (χ2n) is 3.59. The molecule has 0 N–H and O–H groups in total. The van der Waals surface area contributed by atoms with Gasteiger partial charge in [-0.05, 0) is 23.8 Å². The number of hydrogen-bond donors (Lipinski definition) is 0.